The van der Waals surface area contributed by atoms with Gasteiger partial charge in [-0.15, -0.1) is 0 Å². The molecule has 2 atom stereocenters. The van der Waals surface area contributed by atoms with E-state index in [0.717, 1.165) is 36.4 Å². The Balaban J connectivity index is 1.36. The molecule has 0 saturated heterocycles. The number of amides is 1. The van der Waals surface area contributed by atoms with Gasteiger partial charge in [0.2, 0.25) is 0 Å². The number of rotatable bonds is 8. The lowest BCUT2D eigenvalue weighted by Gasteiger charge is -2.14. The van der Waals surface area contributed by atoms with E-state index >= 15 is 0 Å². The molecule has 1 saturated carbocycles. The van der Waals surface area contributed by atoms with E-state index < -0.39 is 0 Å². The van der Waals surface area contributed by atoms with Crippen LogP contribution < -0.4 is 10.1 Å². The van der Waals surface area contributed by atoms with Crippen molar-refractivity contribution in [2.45, 2.75) is 57.7 Å². The number of carbonyl (C=O) groups excluding carboxylic acids is 1. The van der Waals surface area contributed by atoms with Crippen LogP contribution in [-0.4, -0.2) is 49.3 Å². The van der Waals surface area contributed by atoms with Crippen molar-refractivity contribution in [3.05, 3.63) is 41.1 Å². The molecule has 1 aliphatic carbocycles. The van der Waals surface area contributed by atoms with Crippen LogP contribution in [0.15, 0.2) is 18.3 Å². The van der Waals surface area contributed by atoms with Gasteiger partial charge in [0.05, 0.1) is 30.3 Å². The molecule has 3 aromatic rings. The Labute approximate surface area is 180 Å². The third kappa shape index (κ3) is 4.63. The van der Waals surface area contributed by atoms with Crippen molar-refractivity contribution in [2.24, 2.45) is 7.05 Å². The minimum Gasteiger partial charge on any atom is -0.487 e. The zero-order chi connectivity index (χ0) is 22.0. The van der Waals surface area contributed by atoms with Crippen molar-refractivity contribution >= 4 is 11.7 Å². The van der Waals surface area contributed by atoms with Gasteiger partial charge in [-0.3, -0.25) is 19.7 Å². The van der Waals surface area contributed by atoms with E-state index in [2.05, 4.69) is 44.7 Å². The fraction of sp³-hybridized carbons (Fsp3) is 0.524. The van der Waals surface area contributed by atoms with Crippen LogP contribution in [-0.2, 0) is 18.4 Å². The number of hydrogen-bond acceptors (Lipinski definition) is 6. The Bertz CT molecular complexity index is 1040. The molecule has 10 nitrogen and oxygen atoms in total. The molecule has 3 N–H and O–H groups in total. The molecule has 3 aromatic heterocycles. The maximum absolute atomic E-state index is 12.6. The van der Waals surface area contributed by atoms with Gasteiger partial charge in [-0.2, -0.15) is 15.3 Å². The van der Waals surface area contributed by atoms with Gasteiger partial charge in [-0.25, -0.2) is 0 Å². The lowest BCUT2D eigenvalue weighted by molar-refractivity contribution is 0.101. The number of hydrogen-bond donors (Lipinski definition) is 3. The predicted molar refractivity (Wildman–Crippen MR) is 114 cm³/mol. The molecule has 1 fully saturated rings. The highest BCUT2D eigenvalue weighted by Gasteiger charge is 2.30. The Morgan fingerprint density at radius 2 is 2.16 bits per heavy atom. The Kier molecular flexibility index (Phi) is 6.08. The summed E-state index contributed by atoms with van der Waals surface area (Å²) in [5.74, 6) is 1.71. The van der Waals surface area contributed by atoms with Crippen LogP contribution in [0, 0.1) is 0 Å². The number of nitrogens with one attached hydrogen (secondary N) is 3. The smallest absolute Gasteiger partial charge is 0.275 e. The summed E-state index contributed by atoms with van der Waals surface area (Å²) >= 11 is 0. The Hall–Kier alpha value is -3.14. The second-order valence-electron chi connectivity index (χ2n) is 8.29. The number of H-pyrrole nitrogens is 2. The first-order valence-corrected chi connectivity index (χ1v) is 10.5. The largest absolute Gasteiger partial charge is 0.487 e. The fourth-order valence-electron chi connectivity index (χ4n) is 4.05. The summed E-state index contributed by atoms with van der Waals surface area (Å²) in [5.41, 5.74) is 3.18. The first-order valence-electron chi connectivity index (χ1n) is 10.5. The maximum atomic E-state index is 12.6. The minimum absolute atomic E-state index is 0.134. The van der Waals surface area contributed by atoms with E-state index in [9.17, 15) is 4.79 Å². The highest BCUT2D eigenvalue weighted by atomic mass is 16.5. The van der Waals surface area contributed by atoms with Crippen molar-refractivity contribution in [2.75, 3.05) is 12.4 Å². The Morgan fingerprint density at radius 1 is 1.32 bits per heavy atom. The van der Waals surface area contributed by atoms with E-state index in [4.69, 9.17) is 9.47 Å². The standard InChI is InChI=1S/C21H29N7O3/c1-12(2)20-18(10-22-26-20)31-15-6-5-13(7-15)16-9-19(25-24-16)23-21(29)17-8-14(11-30-4)27-28(17)3/h8-10,12-13,15H,5-7,11H2,1-4H3,(H,22,26)(H2,23,24,25,29)/t13-,15+/m1/s1. The van der Waals surface area contributed by atoms with Crippen LogP contribution in [0.3, 0.4) is 0 Å². The molecule has 3 heterocycles. The third-order valence-electron chi connectivity index (χ3n) is 5.62. The van der Waals surface area contributed by atoms with Crippen molar-refractivity contribution in [3.8, 4) is 5.75 Å². The molecule has 0 unspecified atom stereocenters. The molecule has 4 rings (SSSR count). The molecule has 0 aromatic carbocycles. The molecule has 0 aliphatic heterocycles. The molecule has 31 heavy (non-hydrogen) atoms. The lowest BCUT2D eigenvalue weighted by atomic mass is 10.0. The number of aromatic amines is 2. The summed E-state index contributed by atoms with van der Waals surface area (Å²) in [7, 11) is 3.32. The van der Waals surface area contributed by atoms with Gasteiger partial charge in [-0.05, 0) is 31.2 Å². The van der Waals surface area contributed by atoms with Crippen LogP contribution in [0.2, 0.25) is 0 Å². The molecular formula is C21H29N7O3. The van der Waals surface area contributed by atoms with Gasteiger partial charge in [0.1, 0.15) is 5.69 Å². The third-order valence-corrected chi connectivity index (χ3v) is 5.62. The second kappa shape index (κ2) is 8.93. The average molecular weight is 428 g/mol. The number of aromatic nitrogens is 6. The molecule has 0 spiro atoms. The van der Waals surface area contributed by atoms with Gasteiger partial charge >= 0.3 is 0 Å². The van der Waals surface area contributed by atoms with Gasteiger partial charge in [0, 0.05) is 31.8 Å². The first kappa shape index (κ1) is 21.1. The number of methoxy groups -OCH3 is 1. The van der Waals surface area contributed by atoms with Gasteiger partial charge in [0.15, 0.2) is 11.6 Å². The second-order valence-corrected chi connectivity index (χ2v) is 8.29. The molecule has 166 valence electrons. The predicted octanol–water partition coefficient (Wildman–Crippen LogP) is 3.10. The maximum Gasteiger partial charge on any atom is 0.275 e. The van der Waals surface area contributed by atoms with Crippen LogP contribution in [0.5, 0.6) is 5.75 Å². The first-order chi connectivity index (χ1) is 14.9. The molecule has 0 bridgehead atoms. The Morgan fingerprint density at radius 3 is 2.94 bits per heavy atom. The van der Waals surface area contributed by atoms with E-state index in [0.29, 0.717) is 35.6 Å². The summed E-state index contributed by atoms with van der Waals surface area (Å²) in [6.07, 6.45) is 4.74. The molecular weight excluding hydrogens is 398 g/mol. The highest BCUT2D eigenvalue weighted by molar-refractivity contribution is 6.02. The summed E-state index contributed by atoms with van der Waals surface area (Å²) in [4.78, 5) is 12.6. The van der Waals surface area contributed by atoms with Gasteiger partial charge in [0.25, 0.3) is 5.91 Å². The van der Waals surface area contributed by atoms with Gasteiger partial charge in [-0.1, -0.05) is 13.8 Å². The normalized spacial score (nSPS) is 18.6. The number of anilines is 1. The molecule has 1 aliphatic rings. The number of carbonyl (C=O) groups is 1. The molecule has 10 heteroatoms. The summed E-state index contributed by atoms with van der Waals surface area (Å²) in [6.45, 7) is 4.58. The quantitative estimate of drug-likeness (QED) is 0.508. The molecule has 0 radical (unpaired) electrons. The zero-order valence-corrected chi connectivity index (χ0v) is 18.3. The van der Waals surface area contributed by atoms with E-state index in [1.165, 1.54) is 4.68 Å². The van der Waals surface area contributed by atoms with E-state index in [-0.39, 0.29) is 12.0 Å². The van der Waals surface area contributed by atoms with Crippen molar-refractivity contribution in [1.29, 1.82) is 0 Å². The van der Waals surface area contributed by atoms with E-state index in [1.54, 1.807) is 26.4 Å². The van der Waals surface area contributed by atoms with Crippen molar-refractivity contribution in [3.63, 3.8) is 0 Å². The monoisotopic (exact) mass is 427 g/mol. The number of nitrogens with zero attached hydrogens (tertiary/aromatic N) is 4. The van der Waals surface area contributed by atoms with Crippen molar-refractivity contribution in [1.82, 2.24) is 30.2 Å². The average Bonchev–Trinajstić information content (AvgIpc) is 3.49. The van der Waals surface area contributed by atoms with Crippen LogP contribution >= 0.6 is 0 Å². The van der Waals surface area contributed by atoms with Crippen LogP contribution in [0.1, 0.15) is 72.5 Å². The topological polar surface area (TPSA) is 123 Å². The lowest BCUT2D eigenvalue weighted by Crippen LogP contribution is -2.16. The number of aryl methyl sites for hydroxylation is 1. The number of ether oxygens (including phenoxy) is 2. The minimum atomic E-state index is -0.260. The summed E-state index contributed by atoms with van der Waals surface area (Å²) in [5, 5.41) is 21.6. The fourth-order valence-corrected chi connectivity index (χ4v) is 4.05. The van der Waals surface area contributed by atoms with Gasteiger partial charge < -0.3 is 14.8 Å². The van der Waals surface area contributed by atoms with Crippen LogP contribution in [0.25, 0.3) is 0 Å². The zero-order valence-electron chi connectivity index (χ0n) is 18.3. The van der Waals surface area contributed by atoms with E-state index in [1.807, 2.05) is 6.07 Å². The summed E-state index contributed by atoms with van der Waals surface area (Å²) < 4.78 is 12.8. The highest BCUT2D eigenvalue weighted by Crippen LogP contribution is 2.37. The van der Waals surface area contributed by atoms with Crippen LogP contribution in [0.4, 0.5) is 5.82 Å². The molecule has 1 amide bonds. The summed E-state index contributed by atoms with van der Waals surface area (Å²) in [6, 6.07) is 3.61. The SMILES string of the molecule is COCc1cc(C(=O)Nc2cc([C@@H]3CC[C@H](Oc4cn[nH]c4C(C)C)C3)[nH]n2)n(C)n1. The van der Waals surface area contributed by atoms with Crippen molar-refractivity contribution < 1.29 is 14.3 Å².